The minimum absolute atomic E-state index is 0.0807. The van der Waals surface area contributed by atoms with Gasteiger partial charge in [0, 0.05) is 0 Å². The molecule has 0 heterocycles. The normalized spacial score (nSPS) is 17.1. The lowest BCUT2D eigenvalue weighted by atomic mass is 9.78. The molecule has 1 aromatic rings. The Balaban J connectivity index is 4.43. The van der Waals surface area contributed by atoms with Crippen LogP contribution in [-0.4, -0.2) is 44.5 Å². The molecule has 6 radical (unpaired) electrons. The Bertz CT molecular complexity index is 755. The van der Waals surface area contributed by atoms with E-state index in [4.69, 9.17) is 133 Å². The van der Waals surface area contributed by atoms with Gasteiger partial charge in [-0.05, 0) is 105 Å². The van der Waals surface area contributed by atoms with Crippen LogP contribution in [-0.2, 0) is 38.5 Å². The highest BCUT2D eigenvalue weighted by molar-refractivity contribution is 7.36. The van der Waals surface area contributed by atoms with Crippen molar-refractivity contribution in [2.45, 2.75) is 113 Å². The molecule has 0 aliphatic rings. The van der Waals surface area contributed by atoms with Gasteiger partial charge in [0.2, 0.25) is 0 Å². The van der Waals surface area contributed by atoms with Crippen molar-refractivity contribution >= 4 is 177 Å². The van der Waals surface area contributed by atoms with Crippen LogP contribution >= 0.6 is 133 Å². The van der Waals surface area contributed by atoms with E-state index in [1.54, 1.807) is 0 Å². The van der Waals surface area contributed by atoms with Crippen molar-refractivity contribution in [1.82, 2.24) is 0 Å². The molecule has 0 N–H and O–H groups in total. The average molecular weight is 919 g/mol. The molecule has 0 aliphatic carbocycles. The first-order valence-corrected chi connectivity index (χ1v) is 35.1. The summed E-state index contributed by atoms with van der Waals surface area (Å²) >= 11 is 78.8. The van der Waals surface area contributed by atoms with E-state index in [0.717, 1.165) is 0 Å². The molecule has 0 nitrogen and oxygen atoms in total. The third kappa shape index (κ3) is 14.1. The monoisotopic (exact) mass is 912 g/mol. The van der Waals surface area contributed by atoms with E-state index in [0.29, 0.717) is 38.5 Å². The molecule has 1 aromatic carbocycles. The summed E-state index contributed by atoms with van der Waals surface area (Å²) in [6, 6.07) is 0. The van der Waals surface area contributed by atoms with Crippen LogP contribution in [0.3, 0.4) is 0 Å². The Morgan fingerprint density at radius 3 is 0.452 bits per heavy atom. The zero-order chi connectivity index (χ0) is 32.6. The molecule has 1 rings (SSSR count). The number of benzene rings is 1. The van der Waals surface area contributed by atoms with Crippen LogP contribution in [0.15, 0.2) is 0 Å². The Morgan fingerprint density at radius 2 is 0.381 bits per heavy atom. The zero-order valence-corrected chi connectivity index (χ0v) is 39.3. The predicted molar refractivity (Wildman–Crippen MR) is 210 cm³/mol. The third-order valence-electron chi connectivity index (χ3n) is 7.48. The van der Waals surface area contributed by atoms with E-state index >= 15 is 0 Å². The first-order valence-electron chi connectivity index (χ1n) is 13.5. The second kappa shape index (κ2) is 21.3. The largest absolute Gasteiger partial charge is 0.277 e. The molecule has 42 heavy (non-hydrogen) atoms. The first-order chi connectivity index (χ1) is 19.3. The minimum atomic E-state index is -1.62. The highest BCUT2D eigenvalue weighted by atomic mass is 35.7. The SMILES string of the molecule is CC(Cc1c(CC(C)[Si](Cl)Cl)c(CC(C)[Si](Cl)Cl)c(CC(C)[Si](Cl)Cl)c(CC(C)[Si](Cl)Cl)c1CC(C)[Si](Cl)Cl)[Si](Cl)Cl. The van der Waals surface area contributed by atoms with Crippen molar-refractivity contribution in [3.63, 3.8) is 0 Å². The van der Waals surface area contributed by atoms with Gasteiger partial charge in [0.05, 0.1) is 0 Å². The molecule has 240 valence electrons. The van der Waals surface area contributed by atoms with Crippen LogP contribution in [0.4, 0.5) is 0 Å². The summed E-state index contributed by atoms with van der Waals surface area (Å²) in [7, 11) is -9.72. The Labute approximate surface area is 320 Å². The number of hydrogen-bond donors (Lipinski definition) is 0. The van der Waals surface area contributed by atoms with Crippen LogP contribution in [0.25, 0.3) is 0 Å². The van der Waals surface area contributed by atoms with Crippen molar-refractivity contribution < 1.29 is 0 Å². The second-order valence-electron chi connectivity index (χ2n) is 11.2. The summed E-state index contributed by atoms with van der Waals surface area (Å²) in [4.78, 5) is 0. The molecule has 0 saturated heterocycles. The zero-order valence-electron chi connectivity index (χ0n) is 24.2. The summed E-state index contributed by atoms with van der Waals surface area (Å²) in [5, 5.41) is 0. The van der Waals surface area contributed by atoms with Gasteiger partial charge in [-0.1, -0.05) is 41.5 Å². The first kappa shape index (κ1) is 44.0. The van der Waals surface area contributed by atoms with E-state index in [1.807, 2.05) is 0 Å². The predicted octanol–water partition coefficient (Wildman–Crippen LogP) is 13.1. The van der Waals surface area contributed by atoms with Crippen molar-refractivity contribution in [2.24, 2.45) is 0 Å². The number of hydrogen-bond acceptors (Lipinski definition) is 0. The van der Waals surface area contributed by atoms with Crippen LogP contribution < -0.4 is 0 Å². The van der Waals surface area contributed by atoms with Crippen LogP contribution in [0.2, 0.25) is 33.2 Å². The van der Waals surface area contributed by atoms with Gasteiger partial charge in [-0.2, -0.15) is 0 Å². The topological polar surface area (TPSA) is 0 Å². The molecule has 0 bridgehead atoms. The van der Waals surface area contributed by atoms with Crippen molar-refractivity contribution in [2.75, 3.05) is 0 Å². The smallest absolute Gasteiger partial charge is 0.146 e. The molecule has 0 saturated carbocycles. The number of halogens is 12. The van der Waals surface area contributed by atoms with Gasteiger partial charge in [0.1, 0.15) is 0 Å². The fourth-order valence-corrected chi connectivity index (χ4v) is 9.80. The average Bonchev–Trinajstić information content (AvgIpc) is 2.88. The molecule has 0 spiro atoms. The molecule has 18 heteroatoms. The lowest BCUT2D eigenvalue weighted by molar-refractivity contribution is 0.746. The molecule has 0 aromatic heterocycles. The maximum absolute atomic E-state index is 6.57. The van der Waals surface area contributed by atoms with E-state index in [9.17, 15) is 0 Å². The molecule has 6 unspecified atom stereocenters. The molecular formula is C24H36Cl12Si6. The standard InChI is InChI=1S/C24H36Cl12Si6/c1-13(37(25)26)7-19-20(8-14(2)38(27)28)22(10-16(4)40(31)32)24(12-18(6)42(35)36)23(11-17(5)41(33)34)21(19)9-15(3)39(29)30/h13-18H,7-12H2,1-6H3. The van der Waals surface area contributed by atoms with Crippen molar-refractivity contribution in [1.29, 1.82) is 0 Å². The van der Waals surface area contributed by atoms with E-state index < -0.39 is 44.5 Å². The maximum Gasteiger partial charge on any atom is 0.277 e. The summed E-state index contributed by atoms with van der Waals surface area (Å²) in [5.41, 5.74) is 7.88. The van der Waals surface area contributed by atoms with Gasteiger partial charge < -0.3 is 0 Å². The third-order valence-corrected chi connectivity index (χ3v) is 26.6. The lowest BCUT2D eigenvalue weighted by Gasteiger charge is -2.33. The maximum atomic E-state index is 6.57. The highest BCUT2D eigenvalue weighted by Gasteiger charge is 2.34. The molecular weight excluding hydrogens is 882 g/mol. The fourth-order valence-electron chi connectivity index (χ4n) is 4.87. The number of rotatable bonds is 18. The van der Waals surface area contributed by atoms with Gasteiger partial charge in [0.15, 0.2) is 0 Å². The Kier molecular flexibility index (Phi) is 22.3. The Hall–Kier alpha value is 4.00. The van der Waals surface area contributed by atoms with Crippen molar-refractivity contribution in [3.05, 3.63) is 33.4 Å². The lowest BCUT2D eigenvalue weighted by Crippen LogP contribution is -2.24. The van der Waals surface area contributed by atoms with Gasteiger partial charge in [-0.25, -0.2) is 0 Å². The Morgan fingerprint density at radius 1 is 0.286 bits per heavy atom. The van der Waals surface area contributed by atoms with Gasteiger partial charge in [-0.3, -0.25) is 0 Å². The molecule has 0 amide bonds. The molecule has 0 fully saturated rings. The summed E-state index contributed by atoms with van der Waals surface area (Å²) in [6.45, 7) is 12.7. The van der Waals surface area contributed by atoms with E-state index in [1.165, 1.54) is 33.4 Å². The van der Waals surface area contributed by atoms with Crippen LogP contribution in [0.5, 0.6) is 0 Å². The molecule has 0 aliphatic heterocycles. The van der Waals surface area contributed by atoms with E-state index in [2.05, 4.69) is 41.5 Å². The highest BCUT2D eigenvalue weighted by Crippen LogP contribution is 2.43. The minimum Gasteiger partial charge on any atom is -0.146 e. The van der Waals surface area contributed by atoms with E-state index in [-0.39, 0.29) is 33.2 Å². The fraction of sp³-hybridized carbons (Fsp3) is 0.750. The quantitative estimate of drug-likeness (QED) is 0.102. The van der Waals surface area contributed by atoms with Gasteiger partial charge in [-0.15, -0.1) is 133 Å². The van der Waals surface area contributed by atoms with Gasteiger partial charge in [0.25, 0.3) is 44.5 Å². The van der Waals surface area contributed by atoms with Crippen molar-refractivity contribution in [3.8, 4) is 0 Å². The van der Waals surface area contributed by atoms with Crippen LogP contribution in [0, 0.1) is 0 Å². The second-order valence-corrected chi connectivity index (χ2v) is 38.8. The summed E-state index contributed by atoms with van der Waals surface area (Å²) < 4.78 is 0. The van der Waals surface area contributed by atoms with Crippen LogP contribution in [0.1, 0.15) is 74.9 Å². The summed E-state index contributed by atoms with van der Waals surface area (Å²) in [5.74, 6) is 0. The molecule has 6 atom stereocenters. The summed E-state index contributed by atoms with van der Waals surface area (Å²) in [6.07, 6.45) is 4.26. The van der Waals surface area contributed by atoms with Gasteiger partial charge >= 0.3 is 0 Å².